The van der Waals surface area contributed by atoms with Gasteiger partial charge >= 0.3 is 5.97 Å². The van der Waals surface area contributed by atoms with E-state index in [-0.39, 0.29) is 6.54 Å². The second-order valence-electron chi connectivity index (χ2n) is 5.45. The molecule has 0 aromatic carbocycles. The lowest BCUT2D eigenvalue weighted by Gasteiger charge is -2.42. The molecule has 7 atom stereocenters. The summed E-state index contributed by atoms with van der Waals surface area (Å²) in [7, 11) is 0. The van der Waals surface area contributed by atoms with Gasteiger partial charge in [0.05, 0.1) is 18.6 Å². The summed E-state index contributed by atoms with van der Waals surface area (Å²) in [6.07, 6.45) is -5.90. The van der Waals surface area contributed by atoms with Crippen LogP contribution in [0.1, 0.15) is 13.8 Å². The van der Waals surface area contributed by atoms with Crippen molar-refractivity contribution in [2.45, 2.75) is 50.6 Å². The summed E-state index contributed by atoms with van der Waals surface area (Å²) in [6, 6.07) is -1.10. The van der Waals surface area contributed by atoms with E-state index >= 15 is 0 Å². The lowest BCUT2D eigenvalue weighted by molar-refractivity contribution is -0.280. The number of rotatable bonds is 7. The number of carboxylic acids is 1. The molecule has 7 N–H and O–H groups in total. The summed E-state index contributed by atoms with van der Waals surface area (Å²) in [5.41, 5.74) is 5.53. The topological polar surface area (TPSA) is 172 Å². The van der Waals surface area contributed by atoms with E-state index < -0.39 is 61.1 Å². The molecule has 1 fully saturated rings. The van der Waals surface area contributed by atoms with E-state index in [1.807, 2.05) is 0 Å². The van der Waals surface area contributed by atoms with Crippen molar-refractivity contribution in [2.75, 3.05) is 13.2 Å². The third-order valence-corrected chi connectivity index (χ3v) is 3.73. The summed E-state index contributed by atoms with van der Waals surface area (Å²) < 4.78 is 10.5. The van der Waals surface area contributed by atoms with Crippen LogP contribution in [0.5, 0.6) is 0 Å². The molecule has 1 amide bonds. The van der Waals surface area contributed by atoms with Crippen LogP contribution >= 0.6 is 0 Å². The van der Waals surface area contributed by atoms with Gasteiger partial charge in [-0.25, -0.2) is 0 Å². The first kappa shape index (κ1) is 19.7. The summed E-state index contributed by atoms with van der Waals surface area (Å²) in [5, 5.41) is 40.1. The molecule has 10 heteroatoms. The third kappa shape index (κ3) is 4.83. The highest BCUT2D eigenvalue weighted by atomic mass is 16.6. The van der Waals surface area contributed by atoms with Crippen molar-refractivity contribution in [1.29, 1.82) is 0 Å². The number of hydrogen-bond donors (Lipinski definition) is 6. The normalized spacial score (nSPS) is 33.7. The Morgan fingerprint density at radius 1 is 1.35 bits per heavy atom. The van der Waals surface area contributed by atoms with E-state index in [2.05, 4.69) is 5.32 Å². The number of nitrogens with one attached hydrogen (secondary N) is 1. The standard InChI is InChI=1S/C13H24N2O8/c1-5(12(19)20)15-11(18)6(2)22-10-7(3-14)13(21)23-8(4-16)9(10)17/h5-10,13,16-17,21H,3-4,14H2,1-2H3,(H,15,18)(H,19,20)/t5-,6+,7-,8?,9?,10+,13?/m0/s1. The molecule has 23 heavy (non-hydrogen) atoms. The van der Waals surface area contributed by atoms with Crippen LogP contribution in [0.15, 0.2) is 0 Å². The molecule has 1 rings (SSSR count). The van der Waals surface area contributed by atoms with E-state index in [1.54, 1.807) is 0 Å². The van der Waals surface area contributed by atoms with Crippen LogP contribution in [0, 0.1) is 5.92 Å². The molecule has 0 saturated carbocycles. The summed E-state index contributed by atoms with van der Waals surface area (Å²) in [6.45, 7) is 2.04. The van der Waals surface area contributed by atoms with Gasteiger partial charge in [0.15, 0.2) is 6.29 Å². The van der Waals surface area contributed by atoms with Crippen molar-refractivity contribution >= 4 is 11.9 Å². The minimum atomic E-state index is -1.36. The predicted molar refractivity (Wildman–Crippen MR) is 76.1 cm³/mol. The van der Waals surface area contributed by atoms with Gasteiger partial charge in [0.1, 0.15) is 24.4 Å². The second kappa shape index (κ2) is 8.52. The van der Waals surface area contributed by atoms with Crippen molar-refractivity contribution in [2.24, 2.45) is 11.7 Å². The third-order valence-electron chi connectivity index (χ3n) is 3.73. The SMILES string of the molecule is C[C@H](NC(=O)[C@@H](C)O[C@H]1C(O)C(CO)OC(O)[C@H]1CN)C(=O)O. The average Bonchev–Trinajstić information content (AvgIpc) is 2.50. The lowest BCUT2D eigenvalue weighted by atomic mass is 9.90. The number of amides is 1. The van der Waals surface area contributed by atoms with Crippen molar-refractivity contribution in [1.82, 2.24) is 5.32 Å². The summed E-state index contributed by atoms with van der Waals surface area (Å²) in [5.74, 6) is -2.70. The fourth-order valence-corrected chi connectivity index (χ4v) is 2.26. The molecule has 0 spiro atoms. The van der Waals surface area contributed by atoms with E-state index in [1.165, 1.54) is 13.8 Å². The molecular weight excluding hydrogens is 312 g/mol. The molecular formula is C13H24N2O8. The monoisotopic (exact) mass is 336 g/mol. The Kier molecular flexibility index (Phi) is 7.32. The van der Waals surface area contributed by atoms with Crippen molar-refractivity contribution in [3.63, 3.8) is 0 Å². The highest BCUT2D eigenvalue weighted by Crippen LogP contribution is 2.27. The largest absolute Gasteiger partial charge is 0.480 e. The molecule has 134 valence electrons. The van der Waals surface area contributed by atoms with Gasteiger partial charge in [-0.1, -0.05) is 0 Å². The van der Waals surface area contributed by atoms with Gasteiger partial charge in [-0.05, 0) is 13.8 Å². The molecule has 1 saturated heterocycles. The van der Waals surface area contributed by atoms with Gasteiger partial charge in [-0.15, -0.1) is 0 Å². The lowest BCUT2D eigenvalue weighted by Crippen LogP contribution is -2.60. The number of carboxylic acid groups (broad SMARTS) is 1. The van der Waals surface area contributed by atoms with Crippen LogP contribution in [0.3, 0.4) is 0 Å². The molecule has 0 bridgehead atoms. The zero-order valence-electron chi connectivity index (χ0n) is 13.0. The summed E-state index contributed by atoms with van der Waals surface area (Å²) in [4.78, 5) is 22.6. The Balaban J connectivity index is 2.77. The molecule has 1 aliphatic rings. The fourth-order valence-electron chi connectivity index (χ4n) is 2.26. The highest BCUT2D eigenvalue weighted by Gasteiger charge is 2.45. The summed E-state index contributed by atoms with van der Waals surface area (Å²) >= 11 is 0. The zero-order valence-corrected chi connectivity index (χ0v) is 13.0. The van der Waals surface area contributed by atoms with Gasteiger partial charge in [0.25, 0.3) is 0 Å². The number of aliphatic carboxylic acids is 1. The average molecular weight is 336 g/mol. The van der Waals surface area contributed by atoms with Crippen LogP contribution in [0.2, 0.25) is 0 Å². The quantitative estimate of drug-likeness (QED) is 0.283. The zero-order chi connectivity index (χ0) is 17.7. The van der Waals surface area contributed by atoms with Gasteiger partial charge < -0.3 is 41.0 Å². The van der Waals surface area contributed by atoms with Crippen LogP contribution in [0.25, 0.3) is 0 Å². The number of aliphatic hydroxyl groups is 3. The second-order valence-corrected chi connectivity index (χ2v) is 5.45. The number of nitrogens with two attached hydrogens (primary N) is 1. The maximum absolute atomic E-state index is 11.9. The first-order valence-corrected chi connectivity index (χ1v) is 7.24. The molecule has 0 aliphatic carbocycles. The Bertz CT molecular complexity index is 421. The highest BCUT2D eigenvalue weighted by molar-refractivity contribution is 5.85. The van der Waals surface area contributed by atoms with Crippen molar-refractivity contribution in [3.8, 4) is 0 Å². The minimum absolute atomic E-state index is 0.0824. The smallest absolute Gasteiger partial charge is 0.325 e. The van der Waals surface area contributed by atoms with Crippen molar-refractivity contribution in [3.05, 3.63) is 0 Å². The van der Waals surface area contributed by atoms with Gasteiger partial charge in [0.2, 0.25) is 5.91 Å². The molecule has 0 aromatic rings. The molecule has 0 radical (unpaired) electrons. The number of carbonyl (C=O) groups excluding carboxylic acids is 1. The maximum Gasteiger partial charge on any atom is 0.325 e. The number of aliphatic hydroxyl groups excluding tert-OH is 3. The van der Waals surface area contributed by atoms with E-state index in [0.717, 1.165) is 0 Å². The Hall–Kier alpha value is -1.30. The first-order chi connectivity index (χ1) is 10.7. The fraction of sp³-hybridized carbons (Fsp3) is 0.846. The Morgan fingerprint density at radius 2 is 1.96 bits per heavy atom. The van der Waals surface area contributed by atoms with Crippen LogP contribution in [-0.2, 0) is 19.1 Å². The molecule has 3 unspecified atom stereocenters. The number of carbonyl (C=O) groups is 2. The first-order valence-electron chi connectivity index (χ1n) is 7.24. The van der Waals surface area contributed by atoms with Crippen LogP contribution in [-0.4, -0.2) is 82.2 Å². The predicted octanol–water partition coefficient (Wildman–Crippen LogP) is -3.01. The molecule has 1 aliphatic heterocycles. The minimum Gasteiger partial charge on any atom is -0.480 e. The van der Waals surface area contributed by atoms with Crippen LogP contribution < -0.4 is 11.1 Å². The van der Waals surface area contributed by atoms with E-state index in [9.17, 15) is 19.8 Å². The molecule has 1 heterocycles. The van der Waals surface area contributed by atoms with Gasteiger partial charge in [-0.3, -0.25) is 9.59 Å². The Labute approximate surface area is 133 Å². The van der Waals surface area contributed by atoms with Gasteiger partial charge in [-0.2, -0.15) is 0 Å². The van der Waals surface area contributed by atoms with Crippen LogP contribution in [0.4, 0.5) is 0 Å². The van der Waals surface area contributed by atoms with E-state index in [0.29, 0.717) is 0 Å². The Morgan fingerprint density at radius 3 is 2.43 bits per heavy atom. The molecule has 0 aromatic heterocycles. The maximum atomic E-state index is 11.9. The molecule has 10 nitrogen and oxygen atoms in total. The van der Waals surface area contributed by atoms with E-state index in [4.69, 9.17) is 25.4 Å². The van der Waals surface area contributed by atoms with Gasteiger partial charge in [0, 0.05) is 6.54 Å². The number of hydrogen-bond acceptors (Lipinski definition) is 8. The van der Waals surface area contributed by atoms with Crippen molar-refractivity contribution < 1.29 is 39.5 Å². The number of ether oxygens (including phenoxy) is 2.